The summed E-state index contributed by atoms with van der Waals surface area (Å²) < 4.78 is 5.26. The van der Waals surface area contributed by atoms with Crippen LogP contribution in [-0.4, -0.2) is 11.9 Å². The summed E-state index contributed by atoms with van der Waals surface area (Å²) in [5.41, 5.74) is 5.36. The SMILES string of the molecule is Cc1ccc(CNC(=O)[C@H](C)N)o1. The Labute approximate surface area is 77.1 Å². The third-order valence-electron chi connectivity index (χ3n) is 1.65. The third-order valence-corrected chi connectivity index (χ3v) is 1.65. The van der Waals surface area contributed by atoms with Crippen molar-refractivity contribution in [1.29, 1.82) is 0 Å². The third kappa shape index (κ3) is 2.91. The quantitative estimate of drug-likeness (QED) is 0.717. The highest BCUT2D eigenvalue weighted by Crippen LogP contribution is 2.05. The molecule has 0 aliphatic carbocycles. The Bertz CT molecular complexity index is 292. The lowest BCUT2D eigenvalue weighted by Gasteiger charge is -2.05. The van der Waals surface area contributed by atoms with E-state index in [1.165, 1.54) is 0 Å². The fraction of sp³-hybridized carbons (Fsp3) is 0.444. The summed E-state index contributed by atoms with van der Waals surface area (Å²) in [4.78, 5) is 11.0. The Morgan fingerprint density at radius 3 is 2.85 bits per heavy atom. The molecule has 72 valence electrons. The molecule has 0 aliphatic rings. The van der Waals surface area contributed by atoms with Gasteiger partial charge in [-0.2, -0.15) is 0 Å². The molecular formula is C9H14N2O2. The summed E-state index contributed by atoms with van der Waals surface area (Å²) in [5, 5.41) is 2.65. The number of furan rings is 1. The normalized spacial score (nSPS) is 12.5. The van der Waals surface area contributed by atoms with Crippen LogP contribution in [-0.2, 0) is 11.3 Å². The number of amides is 1. The van der Waals surface area contributed by atoms with Gasteiger partial charge in [0.05, 0.1) is 12.6 Å². The molecule has 1 rings (SSSR count). The van der Waals surface area contributed by atoms with E-state index >= 15 is 0 Å². The molecule has 1 aromatic heterocycles. The molecule has 0 fully saturated rings. The van der Waals surface area contributed by atoms with Crippen molar-refractivity contribution in [3.05, 3.63) is 23.7 Å². The summed E-state index contributed by atoms with van der Waals surface area (Å²) >= 11 is 0. The van der Waals surface area contributed by atoms with Gasteiger partial charge in [0.25, 0.3) is 0 Å². The summed E-state index contributed by atoms with van der Waals surface area (Å²) in [5.74, 6) is 1.41. The van der Waals surface area contributed by atoms with Gasteiger partial charge < -0.3 is 15.5 Å². The Morgan fingerprint density at radius 2 is 2.38 bits per heavy atom. The van der Waals surface area contributed by atoms with Crippen LogP contribution >= 0.6 is 0 Å². The Kier molecular flexibility index (Phi) is 3.08. The highest BCUT2D eigenvalue weighted by molar-refractivity contribution is 5.80. The van der Waals surface area contributed by atoms with E-state index in [4.69, 9.17) is 10.2 Å². The van der Waals surface area contributed by atoms with E-state index < -0.39 is 6.04 Å². The van der Waals surface area contributed by atoms with E-state index in [2.05, 4.69) is 5.32 Å². The molecule has 1 atom stereocenters. The number of carbonyl (C=O) groups excluding carboxylic acids is 1. The first-order chi connectivity index (χ1) is 6.09. The predicted octanol–water partition coefficient (Wildman–Crippen LogP) is 0.551. The van der Waals surface area contributed by atoms with Gasteiger partial charge in [-0.25, -0.2) is 0 Å². The van der Waals surface area contributed by atoms with Gasteiger partial charge in [0.15, 0.2) is 0 Å². The number of rotatable bonds is 3. The van der Waals surface area contributed by atoms with Gasteiger partial charge in [-0.1, -0.05) is 0 Å². The smallest absolute Gasteiger partial charge is 0.237 e. The molecular weight excluding hydrogens is 168 g/mol. The lowest BCUT2D eigenvalue weighted by Crippen LogP contribution is -2.37. The van der Waals surface area contributed by atoms with Crippen molar-refractivity contribution in [3.8, 4) is 0 Å². The highest BCUT2D eigenvalue weighted by Gasteiger charge is 2.07. The zero-order valence-corrected chi connectivity index (χ0v) is 7.83. The highest BCUT2D eigenvalue weighted by atomic mass is 16.3. The lowest BCUT2D eigenvalue weighted by molar-refractivity contribution is -0.122. The molecule has 13 heavy (non-hydrogen) atoms. The maximum absolute atomic E-state index is 11.0. The minimum atomic E-state index is -0.476. The van der Waals surface area contributed by atoms with Crippen molar-refractivity contribution in [1.82, 2.24) is 5.32 Å². The molecule has 0 spiro atoms. The lowest BCUT2D eigenvalue weighted by atomic mass is 10.3. The molecule has 0 radical (unpaired) electrons. The summed E-state index contributed by atoms with van der Waals surface area (Å²) in [6.07, 6.45) is 0. The van der Waals surface area contributed by atoms with Gasteiger partial charge in [0, 0.05) is 0 Å². The minimum absolute atomic E-state index is 0.172. The minimum Gasteiger partial charge on any atom is -0.465 e. The number of hydrogen-bond donors (Lipinski definition) is 2. The number of carbonyl (C=O) groups is 1. The van der Waals surface area contributed by atoms with Gasteiger partial charge >= 0.3 is 0 Å². The van der Waals surface area contributed by atoms with Gasteiger partial charge in [-0.3, -0.25) is 4.79 Å². The molecule has 1 aromatic rings. The zero-order chi connectivity index (χ0) is 9.84. The molecule has 0 saturated heterocycles. The van der Waals surface area contributed by atoms with E-state index in [1.54, 1.807) is 6.92 Å². The molecule has 4 heteroatoms. The maximum atomic E-state index is 11.0. The van der Waals surface area contributed by atoms with E-state index in [0.29, 0.717) is 6.54 Å². The van der Waals surface area contributed by atoms with Crippen molar-refractivity contribution in [2.45, 2.75) is 26.4 Å². The summed E-state index contributed by atoms with van der Waals surface area (Å²) in [7, 11) is 0. The van der Waals surface area contributed by atoms with Crippen LogP contribution in [0.2, 0.25) is 0 Å². The fourth-order valence-electron chi connectivity index (χ4n) is 0.915. The predicted molar refractivity (Wildman–Crippen MR) is 48.9 cm³/mol. The molecule has 4 nitrogen and oxygen atoms in total. The van der Waals surface area contributed by atoms with Crippen molar-refractivity contribution >= 4 is 5.91 Å². The molecule has 3 N–H and O–H groups in total. The Balaban J connectivity index is 2.39. The van der Waals surface area contributed by atoms with Crippen LogP contribution in [0, 0.1) is 6.92 Å². The molecule has 0 unspecified atom stereocenters. The first-order valence-electron chi connectivity index (χ1n) is 4.18. The number of nitrogens with one attached hydrogen (secondary N) is 1. The van der Waals surface area contributed by atoms with Gasteiger partial charge in [-0.15, -0.1) is 0 Å². The van der Waals surface area contributed by atoms with Crippen molar-refractivity contribution in [3.63, 3.8) is 0 Å². The molecule has 0 bridgehead atoms. The molecule has 0 aliphatic heterocycles. The summed E-state index contributed by atoms with van der Waals surface area (Å²) in [6, 6.07) is 3.21. The fourth-order valence-corrected chi connectivity index (χ4v) is 0.915. The molecule has 1 heterocycles. The van der Waals surface area contributed by atoms with E-state index in [0.717, 1.165) is 11.5 Å². The van der Waals surface area contributed by atoms with Gasteiger partial charge in [-0.05, 0) is 26.0 Å². The maximum Gasteiger partial charge on any atom is 0.237 e. The zero-order valence-electron chi connectivity index (χ0n) is 7.83. The second kappa shape index (κ2) is 4.09. The van der Waals surface area contributed by atoms with E-state index in [9.17, 15) is 4.79 Å². The second-order valence-corrected chi connectivity index (χ2v) is 3.02. The largest absolute Gasteiger partial charge is 0.465 e. The standard InChI is InChI=1S/C9H14N2O2/c1-6-3-4-8(13-6)5-11-9(12)7(2)10/h3-4,7H,5,10H2,1-2H3,(H,11,12)/t7-/m0/s1. The van der Waals surface area contributed by atoms with Crippen molar-refractivity contribution in [2.75, 3.05) is 0 Å². The Morgan fingerprint density at radius 1 is 1.69 bits per heavy atom. The van der Waals surface area contributed by atoms with Crippen LogP contribution in [0.1, 0.15) is 18.4 Å². The van der Waals surface area contributed by atoms with Crippen molar-refractivity contribution < 1.29 is 9.21 Å². The van der Waals surface area contributed by atoms with Crippen LogP contribution < -0.4 is 11.1 Å². The number of nitrogens with two attached hydrogens (primary N) is 1. The first kappa shape index (κ1) is 9.80. The second-order valence-electron chi connectivity index (χ2n) is 3.02. The van der Waals surface area contributed by atoms with Gasteiger partial charge in [0.1, 0.15) is 11.5 Å². The average molecular weight is 182 g/mol. The monoisotopic (exact) mass is 182 g/mol. The van der Waals surface area contributed by atoms with Crippen LogP contribution in [0.5, 0.6) is 0 Å². The van der Waals surface area contributed by atoms with Crippen LogP contribution in [0.3, 0.4) is 0 Å². The number of hydrogen-bond acceptors (Lipinski definition) is 3. The van der Waals surface area contributed by atoms with Crippen LogP contribution in [0.15, 0.2) is 16.5 Å². The molecule has 0 saturated carbocycles. The topological polar surface area (TPSA) is 68.3 Å². The van der Waals surface area contributed by atoms with E-state index in [-0.39, 0.29) is 5.91 Å². The van der Waals surface area contributed by atoms with E-state index in [1.807, 2.05) is 19.1 Å². The van der Waals surface area contributed by atoms with Crippen LogP contribution in [0.4, 0.5) is 0 Å². The first-order valence-corrected chi connectivity index (χ1v) is 4.18. The van der Waals surface area contributed by atoms with Crippen molar-refractivity contribution in [2.24, 2.45) is 5.73 Å². The summed E-state index contributed by atoms with van der Waals surface area (Å²) in [6.45, 7) is 3.90. The van der Waals surface area contributed by atoms with Gasteiger partial charge in [0.2, 0.25) is 5.91 Å². The average Bonchev–Trinajstić information content (AvgIpc) is 2.47. The Hall–Kier alpha value is -1.29. The van der Waals surface area contributed by atoms with Crippen LogP contribution in [0.25, 0.3) is 0 Å². The molecule has 0 aromatic carbocycles. The molecule has 1 amide bonds. The number of aryl methyl sites for hydroxylation is 1.